The highest BCUT2D eigenvalue weighted by molar-refractivity contribution is 5.89. The molecule has 1 aromatic carbocycles. The number of benzene rings is 1. The van der Waals surface area contributed by atoms with E-state index in [1.54, 1.807) is 4.90 Å². The number of carbonyl (C=O) groups is 2. The molecule has 190 valence electrons. The molecule has 2 saturated heterocycles. The first-order valence-corrected chi connectivity index (χ1v) is 12.8. The molecule has 3 rings (SSSR count). The van der Waals surface area contributed by atoms with E-state index in [4.69, 9.17) is 0 Å². The van der Waals surface area contributed by atoms with Gasteiger partial charge in [0.25, 0.3) is 0 Å². The van der Waals surface area contributed by atoms with Gasteiger partial charge in [-0.3, -0.25) is 4.79 Å². The minimum absolute atomic E-state index is 0.0746. The van der Waals surface area contributed by atoms with Gasteiger partial charge in [0.15, 0.2) is 0 Å². The van der Waals surface area contributed by atoms with Gasteiger partial charge in [-0.2, -0.15) is 0 Å². The van der Waals surface area contributed by atoms with Crippen LogP contribution in [-0.2, 0) is 11.2 Å². The summed E-state index contributed by atoms with van der Waals surface area (Å²) < 4.78 is 0. The zero-order valence-electron chi connectivity index (χ0n) is 21.3. The lowest BCUT2D eigenvalue weighted by molar-refractivity contribution is -0.135. The van der Waals surface area contributed by atoms with E-state index in [0.717, 1.165) is 18.4 Å². The number of urea groups is 1. The Morgan fingerprint density at radius 3 is 1.71 bits per heavy atom. The van der Waals surface area contributed by atoms with Crippen LogP contribution in [0.1, 0.15) is 71.8 Å². The van der Waals surface area contributed by atoms with E-state index in [-0.39, 0.29) is 11.9 Å². The monoisotopic (exact) mass is 473 g/mol. The predicted molar refractivity (Wildman–Crippen MR) is 135 cm³/mol. The number of nitrogens with zero attached hydrogens (tertiary/aromatic N) is 2. The van der Waals surface area contributed by atoms with Crippen molar-refractivity contribution in [2.45, 2.75) is 83.8 Å². The summed E-state index contributed by atoms with van der Waals surface area (Å²) in [5.41, 5.74) is 0.288. The summed E-state index contributed by atoms with van der Waals surface area (Å²) in [5, 5.41) is 24.3. The number of hydrogen-bond acceptors (Lipinski definition) is 4. The smallest absolute Gasteiger partial charge is 0.321 e. The molecule has 2 aliphatic heterocycles. The predicted octanol–water partition coefficient (Wildman–Crippen LogP) is 4.03. The topological polar surface area (TPSA) is 93.1 Å². The molecule has 34 heavy (non-hydrogen) atoms. The first kappa shape index (κ1) is 26.5. The van der Waals surface area contributed by atoms with Crippen molar-refractivity contribution in [3.8, 4) is 0 Å². The van der Waals surface area contributed by atoms with E-state index in [2.05, 4.69) is 33.0 Å². The van der Waals surface area contributed by atoms with Gasteiger partial charge >= 0.3 is 6.03 Å². The molecule has 0 unspecified atom stereocenters. The zero-order valence-corrected chi connectivity index (χ0v) is 21.3. The second kappa shape index (κ2) is 11.1. The first-order chi connectivity index (χ1) is 16.0. The Bertz CT molecular complexity index is 752. The van der Waals surface area contributed by atoms with Crippen molar-refractivity contribution in [2.24, 2.45) is 11.8 Å². The average Bonchev–Trinajstić information content (AvgIpc) is 2.74. The third-order valence-electron chi connectivity index (χ3n) is 7.17. The minimum Gasteiger partial charge on any atom is -0.390 e. The number of anilines is 1. The molecule has 0 radical (unpaired) electrons. The van der Waals surface area contributed by atoms with Crippen molar-refractivity contribution >= 4 is 17.6 Å². The average molecular weight is 474 g/mol. The summed E-state index contributed by atoms with van der Waals surface area (Å²) in [6, 6.07) is 7.26. The summed E-state index contributed by atoms with van der Waals surface area (Å²) in [7, 11) is 0. The van der Waals surface area contributed by atoms with Crippen LogP contribution < -0.4 is 5.32 Å². The van der Waals surface area contributed by atoms with Gasteiger partial charge in [-0.25, -0.2) is 4.79 Å². The maximum Gasteiger partial charge on any atom is 0.321 e. The highest BCUT2D eigenvalue weighted by atomic mass is 16.3. The standard InChI is InChI=1S/C27H43N3O4/c1-20(2)18-26(33)9-13-29(14-10-26)24(31)17-22-5-7-23(8-6-22)28-25(32)30-15-11-27(34,12-16-30)19-21(3)4/h5-8,20-21,33-34H,9-19H2,1-4H3,(H,28,32). The van der Waals surface area contributed by atoms with E-state index in [1.165, 1.54) is 0 Å². The molecule has 0 atom stereocenters. The van der Waals surface area contributed by atoms with Gasteiger partial charge < -0.3 is 25.3 Å². The third-order valence-corrected chi connectivity index (χ3v) is 7.17. The molecule has 3 N–H and O–H groups in total. The summed E-state index contributed by atoms with van der Waals surface area (Å²) in [5.74, 6) is 0.943. The number of nitrogens with one attached hydrogen (secondary N) is 1. The lowest BCUT2D eigenvalue weighted by atomic mass is 9.84. The summed E-state index contributed by atoms with van der Waals surface area (Å²) in [6.07, 6.45) is 4.32. The number of aliphatic hydroxyl groups is 2. The van der Waals surface area contributed by atoms with Crippen molar-refractivity contribution in [1.29, 1.82) is 0 Å². The Balaban J connectivity index is 1.45. The van der Waals surface area contributed by atoms with Gasteiger partial charge in [0.1, 0.15) is 0 Å². The fraction of sp³-hybridized carbons (Fsp3) is 0.704. The SMILES string of the molecule is CC(C)CC1(O)CCN(C(=O)Cc2ccc(NC(=O)N3CCC(O)(CC(C)C)CC3)cc2)CC1. The number of piperidine rings is 2. The second-order valence-corrected chi connectivity index (χ2v) is 11.3. The molecule has 3 amide bonds. The molecule has 7 heteroatoms. The Hall–Kier alpha value is -2.12. The molecule has 0 aromatic heterocycles. The Morgan fingerprint density at radius 1 is 0.824 bits per heavy atom. The normalized spacial score (nSPS) is 20.0. The van der Waals surface area contributed by atoms with Gasteiger partial charge in [0, 0.05) is 31.9 Å². The fourth-order valence-corrected chi connectivity index (χ4v) is 5.42. The van der Waals surface area contributed by atoms with Crippen molar-refractivity contribution in [2.75, 3.05) is 31.5 Å². The largest absolute Gasteiger partial charge is 0.390 e. The summed E-state index contributed by atoms with van der Waals surface area (Å²) in [4.78, 5) is 29.0. The quantitative estimate of drug-likeness (QED) is 0.557. The number of likely N-dealkylation sites (tertiary alicyclic amines) is 2. The number of rotatable bonds is 7. The Morgan fingerprint density at radius 2 is 1.26 bits per heavy atom. The minimum atomic E-state index is -0.666. The van der Waals surface area contributed by atoms with Gasteiger partial charge in [-0.1, -0.05) is 39.8 Å². The van der Waals surface area contributed by atoms with Crippen LogP contribution in [-0.4, -0.2) is 69.3 Å². The van der Waals surface area contributed by atoms with E-state index >= 15 is 0 Å². The summed E-state index contributed by atoms with van der Waals surface area (Å²) in [6.45, 7) is 10.7. The van der Waals surface area contributed by atoms with Crippen LogP contribution in [0, 0.1) is 11.8 Å². The summed E-state index contributed by atoms with van der Waals surface area (Å²) >= 11 is 0. The highest BCUT2D eigenvalue weighted by Gasteiger charge is 2.35. The van der Waals surface area contributed by atoms with Crippen LogP contribution in [0.4, 0.5) is 10.5 Å². The number of amides is 3. The van der Waals surface area contributed by atoms with Crippen molar-refractivity contribution < 1.29 is 19.8 Å². The van der Waals surface area contributed by atoms with Gasteiger partial charge in [0.05, 0.1) is 17.6 Å². The zero-order chi connectivity index (χ0) is 24.9. The van der Waals surface area contributed by atoms with Crippen LogP contribution in [0.2, 0.25) is 0 Å². The van der Waals surface area contributed by atoms with Crippen LogP contribution in [0.15, 0.2) is 24.3 Å². The molecule has 2 fully saturated rings. The molecule has 0 bridgehead atoms. The molecular formula is C27H43N3O4. The van der Waals surface area contributed by atoms with Crippen LogP contribution in [0.3, 0.4) is 0 Å². The fourth-order valence-electron chi connectivity index (χ4n) is 5.42. The number of carbonyl (C=O) groups excluding carboxylic acids is 2. The van der Waals surface area contributed by atoms with Gasteiger partial charge in [0.2, 0.25) is 5.91 Å². The van der Waals surface area contributed by atoms with E-state index in [9.17, 15) is 19.8 Å². The van der Waals surface area contributed by atoms with Gasteiger partial charge in [-0.15, -0.1) is 0 Å². The molecule has 0 spiro atoms. The van der Waals surface area contributed by atoms with Crippen LogP contribution in [0.25, 0.3) is 0 Å². The van der Waals surface area contributed by atoms with Crippen molar-refractivity contribution in [3.05, 3.63) is 29.8 Å². The lowest BCUT2D eigenvalue weighted by Gasteiger charge is -2.39. The molecule has 0 aliphatic carbocycles. The molecule has 2 aliphatic rings. The second-order valence-electron chi connectivity index (χ2n) is 11.3. The highest BCUT2D eigenvalue weighted by Crippen LogP contribution is 2.30. The maximum absolute atomic E-state index is 12.7. The number of hydrogen-bond donors (Lipinski definition) is 3. The van der Waals surface area contributed by atoms with Crippen LogP contribution in [0.5, 0.6) is 0 Å². The Kier molecular flexibility index (Phi) is 8.63. The molecular weight excluding hydrogens is 430 g/mol. The molecule has 7 nitrogen and oxygen atoms in total. The van der Waals surface area contributed by atoms with Crippen molar-refractivity contribution in [3.63, 3.8) is 0 Å². The first-order valence-electron chi connectivity index (χ1n) is 12.8. The van der Waals surface area contributed by atoms with E-state index in [0.29, 0.717) is 75.8 Å². The third kappa shape index (κ3) is 7.44. The molecule has 1 aromatic rings. The van der Waals surface area contributed by atoms with Gasteiger partial charge in [-0.05, 0) is 68.1 Å². The Labute approximate surface area is 204 Å². The molecule has 0 saturated carbocycles. The van der Waals surface area contributed by atoms with E-state index in [1.807, 2.05) is 29.2 Å². The van der Waals surface area contributed by atoms with Crippen LogP contribution >= 0.6 is 0 Å². The van der Waals surface area contributed by atoms with Crippen molar-refractivity contribution in [1.82, 2.24) is 9.80 Å². The maximum atomic E-state index is 12.7. The molecule has 2 heterocycles. The lowest BCUT2D eigenvalue weighted by Crippen LogP contribution is -2.48. The van der Waals surface area contributed by atoms with E-state index < -0.39 is 11.2 Å².